The third-order valence-corrected chi connectivity index (χ3v) is 10.2. The van der Waals surface area contributed by atoms with Gasteiger partial charge in [-0.2, -0.15) is 0 Å². The average molecular weight is 685 g/mol. The number of hydrogen-bond donors (Lipinski definition) is 0. The first-order valence-corrected chi connectivity index (χ1v) is 18.8. The SMILES string of the molecule is CC(C)(C)c1cccc(C(C)(C)C)c1-c1ccccc1-c1cccnc1-c1ncccc1-c1ccccc1-c1c(C(C)(C)C)cccc1C(C)(C)C. The Balaban J connectivity index is 1.64. The summed E-state index contributed by atoms with van der Waals surface area (Å²) < 4.78 is 0. The lowest BCUT2D eigenvalue weighted by atomic mass is 9.73. The predicted octanol–water partition coefficient (Wildman–Crippen LogP) is 14.0. The highest BCUT2D eigenvalue weighted by Crippen LogP contribution is 2.48. The van der Waals surface area contributed by atoms with E-state index in [1.165, 1.54) is 44.5 Å². The third kappa shape index (κ3) is 7.13. The summed E-state index contributed by atoms with van der Waals surface area (Å²) in [7, 11) is 0. The monoisotopic (exact) mass is 684 g/mol. The van der Waals surface area contributed by atoms with Gasteiger partial charge in [0, 0.05) is 23.5 Å². The van der Waals surface area contributed by atoms with Gasteiger partial charge in [-0.1, -0.05) is 180 Å². The molecule has 2 heterocycles. The zero-order valence-electron chi connectivity index (χ0n) is 33.4. The molecule has 0 atom stereocenters. The molecule has 6 aromatic rings. The lowest BCUT2D eigenvalue weighted by Crippen LogP contribution is -2.19. The summed E-state index contributed by atoms with van der Waals surface area (Å²) in [5.41, 5.74) is 16.5. The summed E-state index contributed by atoms with van der Waals surface area (Å²) in [5, 5.41) is 0. The minimum atomic E-state index is -0.0470. The number of pyridine rings is 2. The van der Waals surface area contributed by atoms with Gasteiger partial charge in [0.2, 0.25) is 0 Å². The molecule has 0 spiro atoms. The van der Waals surface area contributed by atoms with Crippen LogP contribution < -0.4 is 0 Å². The molecule has 2 nitrogen and oxygen atoms in total. The first-order valence-electron chi connectivity index (χ1n) is 18.8. The molecule has 0 aliphatic carbocycles. The molecular weight excluding hydrogens is 629 g/mol. The van der Waals surface area contributed by atoms with Gasteiger partial charge in [0.15, 0.2) is 0 Å². The van der Waals surface area contributed by atoms with E-state index in [1.54, 1.807) is 0 Å². The Labute approximate surface area is 313 Å². The van der Waals surface area contributed by atoms with Crippen LogP contribution in [0.4, 0.5) is 0 Å². The van der Waals surface area contributed by atoms with Crippen LogP contribution in [0.1, 0.15) is 105 Å². The van der Waals surface area contributed by atoms with Crippen molar-refractivity contribution in [2.45, 2.75) is 105 Å². The van der Waals surface area contributed by atoms with Crippen LogP contribution in [0, 0.1) is 0 Å². The Morgan fingerprint density at radius 1 is 0.288 bits per heavy atom. The summed E-state index contributed by atoms with van der Waals surface area (Å²) in [5.74, 6) is 0. The third-order valence-electron chi connectivity index (χ3n) is 10.2. The molecule has 6 rings (SSSR count). The van der Waals surface area contributed by atoms with E-state index < -0.39 is 0 Å². The Bertz CT molecular complexity index is 2000. The number of nitrogens with zero attached hydrogens (tertiary/aromatic N) is 2. The second-order valence-corrected chi connectivity index (χ2v) is 18.3. The van der Waals surface area contributed by atoms with Gasteiger partial charge in [-0.25, -0.2) is 0 Å². The molecule has 0 radical (unpaired) electrons. The molecule has 0 amide bonds. The van der Waals surface area contributed by atoms with Crippen LogP contribution in [0.3, 0.4) is 0 Å². The van der Waals surface area contributed by atoms with Gasteiger partial charge in [-0.3, -0.25) is 9.97 Å². The molecule has 4 aromatic carbocycles. The first-order chi connectivity index (χ1) is 24.4. The molecule has 266 valence electrons. The molecule has 0 saturated carbocycles. The predicted molar refractivity (Wildman–Crippen MR) is 224 cm³/mol. The minimum Gasteiger partial charge on any atom is -0.254 e. The maximum absolute atomic E-state index is 5.14. The van der Waals surface area contributed by atoms with E-state index in [1.807, 2.05) is 12.4 Å². The number of benzene rings is 4. The van der Waals surface area contributed by atoms with E-state index in [0.717, 1.165) is 33.6 Å². The fourth-order valence-electron chi connectivity index (χ4n) is 7.68. The fourth-order valence-corrected chi connectivity index (χ4v) is 7.68. The minimum absolute atomic E-state index is 0.0470. The van der Waals surface area contributed by atoms with Crippen LogP contribution >= 0.6 is 0 Å². The molecule has 0 fully saturated rings. The van der Waals surface area contributed by atoms with Crippen LogP contribution in [0.2, 0.25) is 0 Å². The van der Waals surface area contributed by atoms with E-state index in [4.69, 9.17) is 9.97 Å². The van der Waals surface area contributed by atoms with Crippen molar-refractivity contribution in [3.05, 3.63) is 144 Å². The van der Waals surface area contributed by atoms with Crippen molar-refractivity contribution in [1.82, 2.24) is 9.97 Å². The molecule has 0 unspecified atom stereocenters. The zero-order chi connectivity index (χ0) is 37.6. The molecule has 52 heavy (non-hydrogen) atoms. The highest BCUT2D eigenvalue weighted by molar-refractivity contribution is 5.97. The molecule has 2 aromatic heterocycles. The lowest BCUT2D eigenvalue weighted by Gasteiger charge is -2.31. The van der Waals surface area contributed by atoms with Crippen LogP contribution in [-0.4, -0.2) is 9.97 Å². The van der Waals surface area contributed by atoms with E-state index >= 15 is 0 Å². The Hall–Kier alpha value is -4.82. The van der Waals surface area contributed by atoms with Crippen molar-refractivity contribution in [2.24, 2.45) is 0 Å². The van der Waals surface area contributed by atoms with Crippen LogP contribution in [0.5, 0.6) is 0 Å². The molecule has 0 N–H and O–H groups in total. The number of hydrogen-bond acceptors (Lipinski definition) is 2. The zero-order valence-corrected chi connectivity index (χ0v) is 33.4. The number of aromatic nitrogens is 2. The van der Waals surface area contributed by atoms with Crippen LogP contribution in [-0.2, 0) is 21.7 Å². The van der Waals surface area contributed by atoms with E-state index in [9.17, 15) is 0 Å². The molecule has 0 aliphatic rings. The van der Waals surface area contributed by atoms with Gasteiger partial charge in [0.25, 0.3) is 0 Å². The summed E-state index contributed by atoms with van der Waals surface area (Å²) in [6, 6.07) is 40.0. The summed E-state index contributed by atoms with van der Waals surface area (Å²) in [6.07, 6.45) is 3.81. The van der Waals surface area contributed by atoms with Gasteiger partial charge in [-0.15, -0.1) is 0 Å². The van der Waals surface area contributed by atoms with Crippen LogP contribution in [0.15, 0.2) is 122 Å². The quantitative estimate of drug-likeness (QED) is 0.181. The fraction of sp³-hybridized carbons (Fsp3) is 0.320. The van der Waals surface area contributed by atoms with Crippen molar-refractivity contribution in [1.29, 1.82) is 0 Å². The van der Waals surface area contributed by atoms with Crippen molar-refractivity contribution >= 4 is 0 Å². The molecule has 2 heteroatoms. The molecule has 0 aliphatic heterocycles. The maximum atomic E-state index is 5.14. The smallest absolute Gasteiger partial charge is 0.0970 e. The van der Waals surface area contributed by atoms with Gasteiger partial charge in [0.1, 0.15) is 0 Å². The average Bonchev–Trinajstić information content (AvgIpc) is 3.09. The first kappa shape index (κ1) is 37.0. The maximum Gasteiger partial charge on any atom is 0.0970 e. The second-order valence-electron chi connectivity index (χ2n) is 18.3. The summed E-state index contributed by atoms with van der Waals surface area (Å²) in [6.45, 7) is 27.8. The van der Waals surface area contributed by atoms with Gasteiger partial charge in [-0.05, 0) is 89.4 Å². The highest BCUT2D eigenvalue weighted by atomic mass is 14.8. The van der Waals surface area contributed by atoms with Gasteiger partial charge >= 0.3 is 0 Å². The van der Waals surface area contributed by atoms with Crippen molar-refractivity contribution in [2.75, 3.05) is 0 Å². The summed E-state index contributed by atoms with van der Waals surface area (Å²) in [4.78, 5) is 10.3. The second kappa shape index (κ2) is 13.6. The number of rotatable bonds is 5. The summed E-state index contributed by atoms with van der Waals surface area (Å²) >= 11 is 0. The normalized spacial score (nSPS) is 12.6. The van der Waals surface area contributed by atoms with Crippen molar-refractivity contribution < 1.29 is 0 Å². The van der Waals surface area contributed by atoms with Crippen molar-refractivity contribution in [3.63, 3.8) is 0 Å². The van der Waals surface area contributed by atoms with Gasteiger partial charge in [0.05, 0.1) is 11.4 Å². The van der Waals surface area contributed by atoms with E-state index in [2.05, 4.69) is 192 Å². The van der Waals surface area contributed by atoms with E-state index in [0.29, 0.717) is 0 Å². The Morgan fingerprint density at radius 3 is 0.846 bits per heavy atom. The molecule has 0 saturated heterocycles. The highest BCUT2D eigenvalue weighted by Gasteiger charge is 2.30. The Kier molecular flexibility index (Phi) is 9.68. The lowest BCUT2D eigenvalue weighted by molar-refractivity contribution is 0.571. The molecule has 0 bridgehead atoms. The van der Waals surface area contributed by atoms with E-state index in [-0.39, 0.29) is 21.7 Å². The van der Waals surface area contributed by atoms with Gasteiger partial charge < -0.3 is 0 Å². The largest absolute Gasteiger partial charge is 0.254 e. The standard InChI is InChI=1S/C50H56N2/c1-47(2,3)39-27-17-28-40(48(4,5)6)43(39)35-23-15-13-21-33(35)37-25-19-31-51-45(37)46-38(26-20-32-52-46)34-22-14-16-24-36(34)44-41(49(7,8)9)29-18-30-42(44)50(10,11)12/h13-32H,1-12H3. The van der Waals surface area contributed by atoms with Crippen LogP contribution in [0.25, 0.3) is 55.9 Å². The Morgan fingerprint density at radius 2 is 0.558 bits per heavy atom. The topological polar surface area (TPSA) is 25.8 Å². The molecular formula is C50H56N2. The van der Waals surface area contributed by atoms with Crippen molar-refractivity contribution in [3.8, 4) is 55.9 Å².